The molecule has 1 atom stereocenters. The molecule has 0 amide bonds. The van der Waals surface area contributed by atoms with Crippen LogP contribution in [0.15, 0.2) is 48.5 Å². The fourth-order valence-corrected chi connectivity index (χ4v) is 2.15. The van der Waals surface area contributed by atoms with Gasteiger partial charge in [-0.3, -0.25) is 0 Å². The van der Waals surface area contributed by atoms with Crippen LogP contribution in [-0.4, -0.2) is 18.2 Å². The number of ether oxygens (including phenoxy) is 2. The van der Waals surface area contributed by atoms with Gasteiger partial charge in [-0.15, -0.1) is 0 Å². The number of hydrogen-bond donors (Lipinski definition) is 1. The van der Waals surface area contributed by atoms with Gasteiger partial charge in [0.15, 0.2) is 0 Å². The zero-order valence-electron chi connectivity index (χ0n) is 14.5. The van der Waals surface area contributed by atoms with Crippen molar-refractivity contribution in [3.8, 4) is 11.5 Å². The zero-order chi connectivity index (χ0) is 16.9. The van der Waals surface area contributed by atoms with Gasteiger partial charge in [0.2, 0.25) is 0 Å². The van der Waals surface area contributed by atoms with E-state index in [1.54, 1.807) is 0 Å². The molecule has 3 heteroatoms. The molecule has 0 spiro atoms. The largest absolute Gasteiger partial charge is 0.457 e. The first-order chi connectivity index (χ1) is 10.8. The first kappa shape index (κ1) is 17.5. The first-order valence-electron chi connectivity index (χ1n) is 8.05. The van der Waals surface area contributed by atoms with E-state index < -0.39 is 0 Å². The molecule has 0 radical (unpaired) electrons. The SMILES string of the molecule is Cc1ccc(Oc2ccc(CC(N)COC(C)(C)C)cc2)cc1. The summed E-state index contributed by atoms with van der Waals surface area (Å²) in [6, 6.07) is 16.1. The molecule has 0 bridgehead atoms. The van der Waals surface area contributed by atoms with E-state index in [-0.39, 0.29) is 11.6 Å². The zero-order valence-corrected chi connectivity index (χ0v) is 14.5. The van der Waals surface area contributed by atoms with E-state index in [1.807, 2.05) is 57.2 Å². The molecule has 0 aliphatic rings. The molecule has 0 saturated heterocycles. The summed E-state index contributed by atoms with van der Waals surface area (Å²) >= 11 is 0. The lowest BCUT2D eigenvalue weighted by atomic mass is 10.1. The van der Waals surface area contributed by atoms with Crippen molar-refractivity contribution < 1.29 is 9.47 Å². The van der Waals surface area contributed by atoms with Crippen molar-refractivity contribution in [2.24, 2.45) is 5.73 Å². The summed E-state index contributed by atoms with van der Waals surface area (Å²) in [6.45, 7) is 8.74. The van der Waals surface area contributed by atoms with E-state index in [9.17, 15) is 0 Å². The van der Waals surface area contributed by atoms with Gasteiger partial charge in [0.1, 0.15) is 11.5 Å². The van der Waals surface area contributed by atoms with Gasteiger partial charge in [0.05, 0.1) is 12.2 Å². The minimum atomic E-state index is -0.149. The molecule has 3 nitrogen and oxygen atoms in total. The highest BCUT2D eigenvalue weighted by Crippen LogP contribution is 2.22. The summed E-state index contributed by atoms with van der Waals surface area (Å²) in [5.74, 6) is 1.68. The first-order valence-corrected chi connectivity index (χ1v) is 8.05. The lowest BCUT2D eigenvalue weighted by Crippen LogP contribution is -2.33. The van der Waals surface area contributed by atoms with Crippen LogP contribution in [0.4, 0.5) is 0 Å². The summed E-state index contributed by atoms with van der Waals surface area (Å²) in [7, 11) is 0. The van der Waals surface area contributed by atoms with Gasteiger partial charge in [-0.25, -0.2) is 0 Å². The van der Waals surface area contributed by atoms with Crippen LogP contribution < -0.4 is 10.5 Å². The Hall–Kier alpha value is -1.84. The number of nitrogens with two attached hydrogens (primary N) is 1. The van der Waals surface area contributed by atoms with Crippen LogP contribution in [0.2, 0.25) is 0 Å². The quantitative estimate of drug-likeness (QED) is 0.855. The van der Waals surface area contributed by atoms with Crippen molar-refractivity contribution in [1.82, 2.24) is 0 Å². The average Bonchev–Trinajstić information content (AvgIpc) is 2.49. The van der Waals surface area contributed by atoms with Gasteiger partial charge < -0.3 is 15.2 Å². The molecular weight excluding hydrogens is 286 g/mol. The summed E-state index contributed by atoms with van der Waals surface area (Å²) in [5.41, 5.74) is 8.39. The molecule has 2 aromatic carbocycles. The van der Waals surface area contributed by atoms with E-state index >= 15 is 0 Å². The monoisotopic (exact) mass is 313 g/mol. The highest BCUT2D eigenvalue weighted by Gasteiger charge is 2.13. The Morgan fingerprint density at radius 3 is 1.96 bits per heavy atom. The molecule has 0 aromatic heterocycles. The van der Waals surface area contributed by atoms with Crippen molar-refractivity contribution in [3.63, 3.8) is 0 Å². The van der Waals surface area contributed by atoms with Crippen molar-refractivity contribution >= 4 is 0 Å². The van der Waals surface area contributed by atoms with Gasteiger partial charge in [-0.05, 0) is 63.9 Å². The molecule has 1 unspecified atom stereocenters. The minimum absolute atomic E-state index is 0.00177. The topological polar surface area (TPSA) is 44.5 Å². The molecule has 0 aliphatic heterocycles. The molecule has 0 fully saturated rings. The van der Waals surface area contributed by atoms with Crippen LogP contribution in [-0.2, 0) is 11.2 Å². The molecule has 2 aromatic rings. The number of rotatable bonds is 6. The fourth-order valence-electron chi connectivity index (χ4n) is 2.15. The molecule has 2 N–H and O–H groups in total. The second-order valence-electron chi connectivity index (χ2n) is 6.95. The van der Waals surface area contributed by atoms with E-state index in [0.717, 1.165) is 17.9 Å². The number of benzene rings is 2. The van der Waals surface area contributed by atoms with E-state index in [4.69, 9.17) is 15.2 Å². The Kier molecular flexibility index (Phi) is 5.80. The van der Waals surface area contributed by atoms with Gasteiger partial charge in [0, 0.05) is 6.04 Å². The Morgan fingerprint density at radius 2 is 1.43 bits per heavy atom. The van der Waals surface area contributed by atoms with Gasteiger partial charge in [-0.1, -0.05) is 29.8 Å². The normalized spacial score (nSPS) is 12.9. The van der Waals surface area contributed by atoms with Crippen LogP contribution in [0.25, 0.3) is 0 Å². The standard InChI is InChI=1S/C20H27NO2/c1-15-5-9-18(10-6-15)23-19-11-7-16(8-12-19)13-17(21)14-22-20(2,3)4/h5-12,17H,13-14,21H2,1-4H3. The summed E-state index contributed by atoms with van der Waals surface area (Å²) < 4.78 is 11.6. The Bertz CT molecular complexity index is 597. The van der Waals surface area contributed by atoms with E-state index in [2.05, 4.69) is 19.1 Å². The maximum Gasteiger partial charge on any atom is 0.127 e. The summed E-state index contributed by atoms with van der Waals surface area (Å²) in [6.07, 6.45) is 0.793. The molecular formula is C20H27NO2. The third-order valence-corrected chi connectivity index (χ3v) is 3.41. The number of aryl methyl sites for hydroxylation is 1. The van der Waals surface area contributed by atoms with Crippen LogP contribution in [0, 0.1) is 6.92 Å². The molecule has 124 valence electrons. The Labute approximate surface area is 139 Å². The second-order valence-corrected chi connectivity index (χ2v) is 6.95. The minimum Gasteiger partial charge on any atom is -0.457 e. The smallest absolute Gasteiger partial charge is 0.127 e. The van der Waals surface area contributed by atoms with Gasteiger partial charge in [-0.2, -0.15) is 0 Å². The van der Waals surface area contributed by atoms with Crippen molar-refractivity contribution in [3.05, 3.63) is 59.7 Å². The van der Waals surface area contributed by atoms with E-state index in [1.165, 1.54) is 11.1 Å². The maximum absolute atomic E-state index is 6.13. The molecule has 23 heavy (non-hydrogen) atoms. The van der Waals surface area contributed by atoms with Crippen LogP contribution >= 0.6 is 0 Å². The molecule has 0 saturated carbocycles. The lowest BCUT2D eigenvalue weighted by molar-refractivity contribution is -0.00983. The van der Waals surface area contributed by atoms with Gasteiger partial charge >= 0.3 is 0 Å². The van der Waals surface area contributed by atoms with Crippen LogP contribution in [0.3, 0.4) is 0 Å². The van der Waals surface area contributed by atoms with Crippen molar-refractivity contribution in [2.45, 2.75) is 45.8 Å². The van der Waals surface area contributed by atoms with E-state index in [0.29, 0.717) is 6.61 Å². The summed E-state index contributed by atoms with van der Waals surface area (Å²) in [5, 5.41) is 0. The second kappa shape index (κ2) is 7.62. The van der Waals surface area contributed by atoms with Crippen LogP contribution in [0.5, 0.6) is 11.5 Å². The highest BCUT2D eigenvalue weighted by atomic mass is 16.5. The van der Waals surface area contributed by atoms with Crippen LogP contribution in [0.1, 0.15) is 31.9 Å². The average molecular weight is 313 g/mol. The Balaban J connectivity index is 1.87. The highest BCUT2D eigenvalue weighted by molar-refractivity contribution is 5.34. The lowest BCUT2D eigenvalue weighted by Gasteiger charge is -2.22. The third-order valence-electron chi connectivity index (χ3n) is 3.41. The van der Waals surface area contributed by atoms with Crippen molar-refractivity contribution in [2.75, 3.05) is 6.61 Å². The molecule has 0 heterocycles. The molecule has 0 aliphatic carbocycles. The predicted octanol–water partition coefficient (Wildman–Crippen LogP) is 4.47. The number of hydrogen-bond acceptors (Lipinski definition) is 3. The van der Waals surface area contributed by atoms with Crippen molar-refractivity contribution in [1.29, 1.82) is 0 Å². The Morgan fingerprint density at radius 1 is 0.913 bits per heavy atom. The van der Waals surface area contributed by atoms with Gasteiger partial charge in [0.25, 0.3) is 0 Å². The maximum atomic E-state index is 6.13. The fraction of sp³-hybridized carbons (Fsp3) is 0.400. The predicted molar refractivity (Wildman–Crippen MR) is 95.1 cm³/mol. The third kappa shape index (κ3) is 6.43. The summed E-state index contributed by atoms with van der Waals surface area (Å²) in [4.78, 5) is 0. The molecule has 2 rings (SSSR count).